The van der Waals surface area contributed by atoms with Crippen molar-refractivity contribution in [2.45, 2.75) is 32.8 Å². The number of benzene rings is 1. The summed E-state index contributed by atoms with van der Waals surface area (Å²) in [6.45, 7) is 4.64. The fourth-order valence-corrected chi connectivity index (χ4v) is 1.88. The molecule has 17 heavy (non-hydrogen) atoms. The summed E-state index contributed by atoms with van der Waals surface area (Å²) in [6.07, 6.45) is 1.14. The summed E-state index contributed by atoms with van der Waals surface area (Å²) in [4.78, 5) is 0. The Labute approximate surface area is 101 Å². The number of aliphatic hydroxyl groups is 1. The molecule has 1 N–H and O–H groups in total. The molecule has 0 saturated carbocycles. The minimum atomic E-state index is -0.511. The third-order valence-corrected chi connectivity index (χ3v) is 2.71. The Kier molecular flexibility index (Phi) is 3.69. The Morgan fingerprint density at radius 1 is 1.29 bits per heavy atom. The van der Waals surface area contributed by atoms with Gasteiger partial charge in [0.2, 0.25) is 0 Å². The Morgan fingerprint density at radius 3 is 2.82 bits per heavy atom. The molecule has 0 saturated heterocycles. The monoisotopic (exact) mass is 234 g/mol. The SMILES string of the molecule is CCCC(O)c1cc2cc(OCC)ccc2o1. The summed E-state index contributed by atoms with van der Waals surface area (Å²) in [5, 5.41) is 10.8. The minimum absolute atomic E-state index is 0.511. The topological polar surface area (TPSA) is 42.6 Å². The number of furan rings is 1. The van der Waals surface area contributed by atoms with Crippen LogP contribution in [0, 0.1) is 0 Å². The van der Waals surface area contributed by atoms with Gasteiger partial charge in [0.05, 0.1) is 6.61 Å². The normalized spacial score (nSPS) is 12.9. The first-order valence-electron chi connectivity index (χ1n) is 6.09. The Morgan fingerprint density at radius 2 is 2.12 bits per heavy atom. The molecule has 1 atom stereocenters. The van der Waals surface area contributed by atoms with Crippen molar-refractivity contribution in [1.82, 2.24) is 0 Å². The summed E-state index contributed by atoms with van der Waals surface area (Å²) in [5.74, 6) is 1.47. The van der Waals surface area contributed by atoms with Gasteiger partial charge in [-0.2, -0.15) is 0 Å². The molecule has 92 valence electrons. The van der Waals surface area contributed by atoms with Gasteiger partial charge in [-0.25, -0.2) is 0 Å². The van der Waals surface area contributed by atoms with E-state index in [1.54, 1.807) is 0 Å². The molecule has 0 radical (unpaired) electrons. The Balaban J connectivity index is 2.30. The fraction of sp³-hybridized carbons (Fsp3) is 0.429. The van der Waals surface area contributed by atoms with Crippen LogP contribution in [0.5, 0.6) is 5.75 Å². The number of hydrogen-bond donors (Lipinski definition) is 1. The molecule has 0 bridgehead atoms. The van der Waals surface area contributed by atoms with Crippen molar-refractivity contribution in [2.75, 3.05) is 6.61 Å². The molecular formula is C14H18O3. The number of aliphatic hydroxyl groups excluding tert-OH is 1. The van der Waals surface area contributed by atoms with Crippen LogP contribution in [0.4, 0.5) is 0 Å². The van der Waals surface area contributed by atoms with Gasteiger partial charge in [0, 0.05) is 5.39 Å². The molecule has 1 aromatic heterocycles. The molecule has 0 aliphatic carbocycles. The van der Waals surface area contributed by atoms with Crippen molar-refractivity contribution in [1.29, 1.82) is 0 Å². The van der Waals surface area contributed by atoms with Crippen molar-refractivity contribution in [3.8, 4) is 5.75 Å². The molecule has 0 amide bonds. The Hall–Kier alpha value is -1.48. The first kappa shape index (κ1) is 12.0. The van der Waals surface area contributed by atoms with E-state index in [2.05, 4.69) is 0 Å². The summed E-state index contributed by atoms with van der Waals surface area (Å²) in [5.41, 5.74) is 0.790. The van der Waals surface area contributed by atoms with Gasteiger partial charge in [0.25, 0.3) is 0 Å². The van der Waals surface area contributed by atoms with Crippen molar-refractivity contribution in [3.05, 3.63) is 30.0 Å². The van der Waals surface area contributed by atoms with Gasteiger partial charge in [-0.05, 0) is 37.6 Å². The average molecular weight is 234 g/mol. The first-order chi connectivity index (χ1) is 8.24. The maximum absolute atomic E-state index is 9.87. The van der Waals surface area contributed by atoms with Crippen LogP contribution in [-0.4, -0.2) is 11.7 Å². The van der Waals surface area contributed by atoms with Gasteiger partial charge in [-0.1, -0.05) is 13.3 Å². The molecule has 3 nitrogen and oxygen atoms in total. The van der Waals surface area contributed by atoms with E-state index in [9.17, 15) is 5.11 Å². The van der Waals surface area contributed by atoms with Crippen molar-refractivity contribution < 1.29 is 14.3 Å². The minimum Gasteiger partial charge on any atom is -0.494 e. The van der Waals surface area contributed by atoms with Crippen LogP contribution in [0.15, 0.2) is 28.7 Å². The van der Waals surface area contributed by atoms with E-state index in [1.165, 1.54) is 0 Å². The van der Waals surface area contributed by atoms with E-state index < -0.39 is 6.10 Å². The number of hydrogen-bond acceptors (Lipinski definition) is 3. The standard InChI is InChI=1S/C14H18O3/c1-3-5-12(15)14-9-10-8-11(16-4-2)6-7-13(10)17-14/h6-9,12,15H,3-5H2,1-2H3. The second kappa shape index (κ2) is 5.23. The van der Waals surface area contributed by atoms with Gasteiger partial charge in [-0.3, -0.25) is 0 Å². The maximum Gasteiger partial charge on any atom is 0.134 e. The highest BCUT2D eigenvalue weighted by molar-refractivity contribution is 5.79. The van der Waals surface area contributed by atoms with E-state index in [1.807, 2.05) is 38.1 Å². The van der Waals surface area contributed by atoms with Crippen molar-refractivity contribution in [3.63, 3.8) is 0 Å². The van der Waals surface area contributed by atoms with Gasteiger partial charge >= 0.3 is 0 Å². The second-order valence-electron chi connectivity index (χ2n) is 4.09. The highest BCUT2D eigenvalue weighted by Gasteiger charge is 2.12. The Bertz CT molecular complexity index is 487. The predicted octanol–water partition coefficient (Wildman–Crippen LogP) is 3.67. The number of rotatable bonds is 5. The molecule has 1 heterocycles. The molecular weight excluding hydrogens is 216 g/mol. The first-order valence-corrected chi connectivity index (χ1v) is 6.09. The van der Waals surface area contributed by atoms with Crippen LogP contribution in [0.2, 0.25) is 0 Å². The zero-order chi connectivity index (χ0) is 12.3. The van der Waals surface area contributed by atoms with E-state index in [0.717, 1.165) is 29.6 Å². The van der Waals surface area contributed by atoms with E-state index >= 15 is 0 Å². The van der Waals surface area contributed by atoms with Crippen LogP contribution < -0.4 is 4.74 Å². The van der Waals surface area contributed by atoms with E-state index in [0.29, 0.717) is 12.4 Å². The quantitative estimate of drug-likeness (QED) is 0.858. The van der Waals surface area contributed by atoms with Crippen LogP contribution in [0.25, 0.3) is 11.0 Å². The molecule has 1 aromatic carbocycles. The van der Waals surface area contributed by atoms with Crippen LogP contribution in [-0.2, 0) is 0 Å². The summed E-state index contributed by atoms with van der Waals surface area (Å²) >= 11 is 0. The number of fused-ring (bicyclic) bond motifs is 1. The zero-order valence-corrected chi connectivity index (χ0v) is 10.3. The molecule has 0 fully saturated rings. The lowest BCUT2D eigenvalue weighted by atomic mass is 10.1. The predicted molar refractivity (Wildman–Crippen MR) is 67.3 cm³/mol. The summed E-state index contributed by atoms with van der Waals surface area (Å²) in [7, 11) is 0. The fourth-order valence-electron chi connectivity index (χ4n) is 1.88. The highest BCUT2D eigenvalue weighted by Crippen LogP contribution is 2.28. The third kappa shape index (κ3) is 2.61. The number of ether oxygens (including phenoxy) is 1. The van der Waals surface area contributed by atoms with Gasteiger partial charge in [-0.15, -0.1) is 0 Å². The van der Waals surface area contributed by atoms with Gasteiger partial charge in [0.1, 0.15) is 23.2 Å². The third-order valence-electron chi connectivity index (χ3n) is 2.71. The molecule has 2 aromatic rings. The molecule has 1 unspecified atom stereocenters. The largest absolute Gasteiger partial charge is 0.494 e. The lowest BCUT2D eigenvalue weighted by Crippen LogP contribution is -1.93. The van der Waals surface area contributed by atoms with Crippen LogP contribution >= 0.6 is 0 Å². The zero-order valence-electron chi connectivity index (χ0n) is 10.3. The molecule has 3 heteroatoms. The maximum atomic E-state index is 9.87. The lowest BCUT2D eigenvalue weighted by Gasteiger charge is -2.03. The highest BCUT2D eigenvalue weighted by atomic mass is 16.5. The van der Waals surface area contributed by atoms with Gasteiger partial charge in [0.15, 0.2) is 0 Å². The summed E-state index contributed by atoms with van der Waals surface area (Å²) in [6, 6.07) is 7.58. The van der Waals surface area contributed by atoms with E-state index in [4.69, 9.17) is 9.15 Å². The molecule has 0 aliphatic heterocycles. The smallest absolute Gasteiger partial charge is 0.134 e. The van der Waals surface area contributed by atoms with Gasteiger partial charge < -0.3 is 14.3 Å². The molecule has 0 aliphatic rings. The van der Waals surface area contributed by atoms with Crippen molar-refractivity contribution >= 4 is 11.0 Å². The van der Waals surface area contributed by atoms with E-state index in [-0.39, 0.29) is 0 Å². The summed E-state index contributed by atoms with van der Waals surface area (Å²) < 4.78 is 11.0. The lowest BCUT2D eigenvalue weighted by molar-refractivity contribution is 0.141. The van der Waals surface area contributed by atoms with Crippen LogP contribution in [0.3, 0.4) is 0 Å². The second-order valence-corrected chi connectivity index (χ2v) is 4.09. The van der Waals surface area contributed by atoms with Crippen LogP contribution in [0.1, 0.15) is 38.6 Å². The molecule has 2 rings (SSSR count). The molecule has 0 spiro atoms. The average Bonchev–Trinajstić information content (AvgIpc) is 2.73. The van der Waals surface area contributed by atoms with Crippen molar-refractivity contribution in [2.24, 2.45) is 0 Å².